The Morgan fingerprint density at radius 2 is 2.07 bits per heavy atom. The Morgan fingerprint density at radius 1 is 1.30 bits per heavy atom. The normalized spacial score (nSPS) is 16.4. The van der Waals surface area contributed by atoms with Gasteiger partial charge in [0.25, 0.3) is 5.91 Å². The highest BCUT2D eigenvalue weighted by molar-refractivity contribution is 9.10. The molecule has 1 unspecified atom stereocenters. The highest BCUT2D eigenvalue weighted by Crippen LogP contribution is 2.27. The van der Waals surface area contributed by atoms with Crippen molar-refractivity contribution in [2.45, 2.75) is 52.5 Å². The van der Waals surface area contributed by atoms with Crippen LogP contribution in [0.2, 0.25) is 0 Å². The molecule has 0 saturated carbocycles. The molecule has 1 saturated heterocycles. The standard InChI is InChI=1S/C22H31BrN2O5/c1-4-5-11-30-20(26)14-18-21(27)24-9-10-25(18)22(28)16-6-7-19(17(23)13-16)29-12-8-15(2)3/h6-7,13,15,18H,4-5,8-12,14H2,1-3H3,(H,24,27). The molecule has 1 aromatic rings. The molecule has 0 bridgehead atoms. The summed E-state index contributed by atoms with van der Waals surface area (Å²) in [7, 11) is 0. The van der Waals surface area contributed by atoms with E-state index in [0.29, 0.717) is 48.0 Å². The van der Waals surface area contributed by atoms with Gasteiger partial charge < -0.3 is 19.7 Å². The molecule has 1 fully saturated rings. The lowest BCUT2D eigenvalue weighted by Gasteiger charge is -2.34. The lowest BCUT2D eigenvalue weighted by atomic mass is 10.1. The molecule has 1 N–H and O–H groups in total. The van der Waals surface area contributed by atoms with E-state index in [4.69, 9.17) is 9.47 Å². The maximum absolute atomic E-state index is 13.1. The van der Waals surface area contributed by atoms with E-state index in [9.17, 15) is 14.4 Å². The Bertz CT molecular complexity index is 753. The SMILES string of the molecule is CCCCOC(=O)CC1C(=O)NCCN1C(=O)c1ccc(OCCC(C)C)c(Br)c1. The smallest absolute Gasteiger partial charge is 0.308 e. The number of halogens is 1. The van der Waals surface area contributed by atoms with E-state index in [-0.39, 0.29) is 18.2 Å². The second kappa shape index (κ2) is 11.9. The number of esters is 1. The number of carbonyl (C=O) groups excluding carboxylic acids is 3. The maximum atomic E-state index is 13.1. The van der Waals surface area contributed by atoms with Crippen LogP contribution in [-0.2, 0) is 14.3 Å². The number of hydrogen-bond donors (Lipinski definition) is 1. The van der Waals surface area contributed by atoms with Crippen LogP contribution in [0, 0.1) is 5.92 Å². The molecular formula is C22H31BrN2O5. The average Bonchev–Trinajstić information content (AvgIpc) is 2.70. The first-order chi connectivity index (χ1) is 14.3. The fourth-order valence-corrected chi connectivity index (χ4v) is 3.52. The molecule has 0 aromatic heterocycles. The summed E-state index contributed by atoms with van der Waals surface area (Å²) in [5.41, 5.74) is 0.428. The summed E-state index contributed by atoms with van der Waals surface area (Å²) in [6.07, 6.45) is 2.46. The molecular weight excluding hydrogens is 452 g/mol. The van der Waals surface area contributed by atoms with Gasteiger partial charge >= 0.3 is 5.97 Å². The first-order valence-corrected chi connectivity index (χ1v) is 11.3. The van der Waals surface area contributed by atoms with Crippen LogP contribution < -0.4 is 10.1 Å². The number of nitrogens with one attached hydrogen (secondary N) is 1. The topological polar surface area (TPSA) is 84.9 Å². The Labute approximate surface area is 186 Å². The van der Waals surface area contributed by atoms with E-state index in [2.05, 4.69) is 35.1 Å². The van der Waals surface area contributed by atoms with Crippen molar-refractivity contribution >= 4 is 33.7 Å². The van der Waals surface area contributed by atoms with Gasteiger partial charge in [-0.1, -0.05) is 27.2 Å². The fourth-order valence-electron chi connectivity index (χ4n) is 3.03. The van der Waals surface area contributed by atoms with Gasteiger partial charge in [-0.15, -0.1) is 0 Å². The van der Waals surface area contributed by atoms with Crippen molar-refractivity contribution in [1.29, 1.82) is 0 Å². The molecule has 2 rings (SSSR count). The average molecular weight is 483 g/mol. The lowest BCUT2D eigenvalue weighted by Crippen LogP contribution is -2.57. The van der Waals surface area contributed by atoms with E-state index >= 15 is 0 Å². The van der Waals surface area contributed by atoms with Gasteiger partial charge in [-0.25, -0.2) is 0 Å². The number of amides is 2. The van der Waals surface area contributed by atoms with Gasteiger partial charge in [0.2, 0.25) is 5.91 Å². The molecule has 0 radical (unpaired) electrons. The number of unbranched alkanes of at least 4 members (excludes halogenated alkanes) is 1. The third kappa shape index (κ3) is 7.00. The van der Waals surface area contributed by atoms with Crippen LogP contribution in [0.25, 0.3) is 0 Å². The predicted molar refractivity (Wildman–Crippen MR) is 117 cm³/mol. The van der Waals surface area contributed by atoms with Crippen molar-refractivity contribution in [2.75, 3.05) is 26.3 Å². The molecule has 1 atom stereocenters. The number of nitrogens with zero attached hydrogens (tertiary/aromatic N) is 1. The number of carbonyl (C=O) groups is 3. The number of piperazine rings is 1. The first kappa shape index (κ1) is 24.2. The van der Waals surface area contributed by atoms with Gasteiger partial charge in [-0.3, -0.25) is 14.4 Å². The van der Waals surface area contributed by atoms with Crippen LogP contribution in [0.15, 0.2) is 22.7 Å². The van der Waals surface area contributed by atoms with Crippen molar-refractivity contribution < 1.29 is 23.9 Å². The molecule has 1 heterocycles. The molecule has 0 aliphatic carbocycles. The van der Waals surface area contributed by atoms with E-state index in [1.54, 1.807) is 18.2 Å². The van der Waals surface area contributed by atoms with E-state index in [1.165, 1.54) is 4.90 Å². The molecule has 1 aliphatic rings. The summed E-state index contributed by atoms with van der Waals surface area (Å²) in [6.45, 7) is 7.86. The summed E-state index contributed by atoms with van der Waals surface area (Å²) in [5.74, 6) is 0.0962. The number of rotatable bonds is 10. The Morgan fingerprint density at radius 3 is 2.73 bits per heavy atom. The monoisotopic (exact) mass is 482 g/mol. The van der Waals surface area contributed by atoms with Gasteiger partial charge in [0.1, 0.15) is 11.8 Å². The highest BCUT2D eigenvalue weighted by Gasteiger charge is 2.35. The quantitative estimate of drug-likeness (QED) is 0.407. The van der Waals surface area contributed by atoms with E-state index in [1.807, 2.05) is 6.92 Å². The van der Waals surface area contributed by atoms with Crippen molar-refractivity contribution in [2.24, 2.45) is 5.92 Å². The largest absolute Gasteiger partial charge is 0.492 e. The third-order valence-corrected chi connectivity index (χ3v) is 5.46. The number of benzene rings is 1. The molecule has 30 heavy (non-hydrogen) atoms. The molecule has 1 aromatic carbocycles. The first-order valence-electron chi connectivity index (χ1n) is 10.5. The van der Waals surface area contributed by atoms with Crippen LogP contribution in [0.4, 0.5) is 0 Å². The number of ether oxygens (including phenoxy) is 2. The Kier molecular flexibility index (Phi) is 9.62. The van der Waals surface area contributed by atoms with Crippen molar-refractivity contribution in [3.63, 3.8) is 0 Å². The molecule has 7 nitrogen and oxygen atoms in total. The minimum Gasteiger partial charge on any atom is -0.492 e. The Balaban J connectivity index is 2.07. The van der Waals surface area contributed by atoms with Gasteiger partial charge in [-0.2, -0.15) is 0 Å². The number of hydrogen-bond acceptors (Lipinski definition) is 5. The van der Waals surface area contributed by atoms with Crippen LogP contribution in [0.5, 0.6) is 5.75 Å². The summed E-state index contributed by atoms with van der Waals surface area (Å²) in [4.78, 5) is 39.0. The van der Waals surface area contributed by atoms with Crippen LogP contribution in [0.3, 0.4) is 0 Å². The van der Waals surface area contributed by atoms with Crippen LogP contribution in [0.1, 0.15) is 56.8 Å². The predicted octanol–water partition coefficient (Wildman–Crippen LogP) is 3.55. The minimum atomic E-state index is -0.874. The zero-order valence-corrected chi connectivity index (χ0v) is 19.5. The summed E-state index contributed by atoms with van der Waals surface area (Å²) < 4.78 is 11.6. The molecule has 1 aliphatic heterocycles. The van der Waals surface area contributed by atoms with Crippen molar-refractivity contribution in [3.05, 3.63) is 28.2 Å². The zero-order valence-electron chi connectivity index (χ0n) is 17.9. The van der Waals surface area contributed by atoms with Crippen LogP contribution >= 0.6 is 15.9 Å². The van der Waals surface area contributed by atoms with Gasteiger partial charge in [0, 0.05) is 18.7 Å². The minimum absolute atomic E-state index is 0.154. The lowest BCUT2D eigenvalue weighted by molar-refractivity contribution is -0.147. The zero-order chi connectivity index (χ0) is 22.1. The Hall–Kier alpha value is -2.09. The van der Waals surface area contributed by atoms with Crippen LogP contribution in [-0.4, -0.2) is 55.0 Å². The van der Waals surface area contributed by atoms with Crippen molar-refractivity contribution in [3.8, 4) is 5.75 Å². The third-order valence-electron chi connectivity index (χ3n) is 4.84. The van der Waals surface area contributed by atoms with E-state index < -0.39 is 12.0 Å². The molecule has 8 heteroatoms. The van der Waals surface area contributed by atoms with E-state index in [0.717, 1.165) is 19.3 Å². The second-order valence-corrected chi connectivity index (χ2v) is 8.61. The van der Waals surface area contributed by atoms with Gasteiger partial charge in [-0.05, 0) is 52.9 Å². The van der Waals surface area contributed by atoms with Gasteiger partial charge in [0.15, 0.2) is 0 Å². The summed E-state index contributed by atoms with van der Waals surface area (Å²) in [5, 5.41) is 2.72. The summed E-state index contributed by atoms with van der Waals surface area (Å²) in [6, 6.07) is 4.24. The maximum Gasteiger partial charge on any atom is 0.308 e. The molecule has 2 amide bonds. The summed E-state index contributed by atoms with van der Waals surface area (Å²) >= 11 is 3.46. The fraction of sp³-hybridized carbons (Fsp3) is 0.591. The molecule has 0 spiro atoms. The molecule has 166 valence electrons. The van der Waals surface area contributed by atoms with Crippen molar-refractivity contribution in [1.82, 2.24) is 10.2 Å². The second-order valence-electron chi connectivity index (χ2n) is 7.76. The highest BCUT2D eigenvalue weighted by atomic mass is 79.9. The van der Waals surface area contributed by atoms with Gasteiger partial charge in [0.05, 0.1) is 24.1 Å².